The number of nitrogens with zero attached hydrogens (tertiary/aromatic N) is 2. The van der Waals surface area contributed by atoms with Gasteiger partial charge in [-0.25, -0.2) is 0 Å². The van der Waals surface area contributed by atoms with Crippen LogP contribution in [0.15, 0.2) is 59.6 Å². The normalized spacial score (nSPS) is 16.1. The van der Waals surface area contributed by atoms with Gasteiger partial charge in [-0.3, -0.25) is 62.5 Å². The molecule has 0 spiro atoms. The quantitative estimate of drug-likeness (QED) is 0.0176. The van der Waals surface area contributed by atoms with Crippen LogP contribution in [-0.2, 0) is 70.4 Å². The molecule has 31 heteroatoms. The van der Waals surface area contributed by atoms with Crippen molar-refractivity contribution in [3.05, 3.63) is 65.7 Å². The lowest BCUT2D eigenvalue weighted by molar-refractivity contribution is -0.143. The van der Waals surface area contributed by atoms with Crippen molar-refractivity contribution in [2.75, 3.05) is 26.2 Å². The first-order valence-corrected chi connectivity index (χ1v) is 26.6. The second-order valence-electron chi connectivity index (χ2n) is 20.1. The van der Waals surface area contributed by atoms with E-state index in [4.69, 9.17) is 34.4 Å². The fraction of sp³-hybridized carbons (Fsp3) is 0.519. The second kappa shape index (κ2) is 33.7. The van der Waals surface area contributed by atoms with Crippen molar-refractivity contribution in [3.63, 3.8) is 0 Å². The van der Waals surface area contributed by atoms with E-state index in [0.29, 0.717) is 17.5 Å². The first kappa shape index (κ1) is 68.3. The maximum absolute atomic E-state index is 14.2. The highest BCUT2D eigenvalue weighted by Crippen LogP contribution is 2.21. The summed E-state index contributed by atoms with van der Waals surface area (Å²) in [4.78, 5) is 164. The summed E-state index contributed by atoms with van der Waals surface area (Å²) in [6.07, 6.45) is -3.05. The van der Waals surface area contributed by atoms with Crippen LogP contribution in [0.4, 0.5) is 0 Å². The molecular weight excluding hydrogens is 1090 g/mol. The monoisotopic (exact) mass is 1170 g/mol. The number of carbonyl (C=O) groups excluding carboxylic acids is 12. The summed E-state index contributed by atoms with van der Waals surface area (Å²) in [6, 6.07) is 0.340. The van der Waals surface area contributed by atoms with E-state index < -0.39 is 164 Å². The van der Waals surface area contributed by atoms with E-state index in [9.17, 15) is 72.9 Å². The highest BCUT2D eigenvalue weighted by atomic mass is 16.3. The molecule has 0 aliphatic carbocycles. The van der Waals surface area contributed by atoms with Crippen LogP contribution in [-0.4, -0.2) is 184 Å². The Hall–Kier alpha value is -8.97. The van der Waals surface area contributed by atoms with E-state index in [1.54, 1.807) is 44.2 Å². The predicted octanol–water partition coefficient (Wildman–Crippen LogP) is -7.29. The molecule has 12 amide bonds. The predicted molar refractivity (Wildman–Crippen MR) is 296 cm³/mol. The Balaban J connectivity index is 1.84. The van der Waals surface area contributed by atoms with Crippen molar-refractivity contribution in [2.45, 2.75) is 139 Å². The molecule has 456 valence electrons. The van der Waals surface area contributed by atoms with Crippen LogP contribution in [0.2, 0.25) is 0 Å². The van der Waals surface area contributed by atoms with Crippen molar-refractivity contribution in [3.8, 4) is 5.75 Å². The van der Waals surface area contributed by atoms with Crippen molar-refractivity contribution >= 4 is 76.8 Å². The molecule has 2 aromatic rings. The largest absolute Gasteiger partial charge is 0.508 e. The Kier molecular flexibility index (Phi) is 27.7. The number of aliphatic imine (C=N–C) groups is 1. The Morgan fingerprint density at radius 2 is 1.19 bits per heavy atom. The number of hydrogen-bond donors (Lipinski definition) is 17. The third-order valence-corrected chi connectivity index (χ3v) is 13.0. The van der Waals surface area contributed by atoms with Crippen LogP contribution in [0.5, 0.6) is 5.75 Å². The van der Waals surface area contributed by atoms with E-state index in [1.165, 1.54) is 24.3 Å². The molecule has 1 aliphatic heterocycles. The number of amides is 12. The summed E-state index contributed by atoms with van der Waals surface area (Å²) in [5.41, 5.74) is 33.7. The Morgan fingerprint density at radius 1 is 0.639 bits per heavy atom. The van der Waals surface area contributed by atoms with Gasteiger partial charge in [0.2, 0.25) is 70.9 Å². The number of hydrogen-bond acceptors (Lipinski definition) is 17. The third kappa shape index (κ3) is 23.2. The maximum atomic E-state index is 14.2. The van der Waals surface area contributed by atoms with Gasteiger partial charge in [-0.2, -0.15) is 0 Å². The lowest BCUT2D eigenvalue weighted by atomic mass is 10.0. The Labute approximate surface area is 477 Å². The average molecular weight is 1170 g/mol. The number of aliphatic hydroxyl groups excluding tert-OH is 2. The zero-order chi connectivity index (χ0) is 62.1. The molecule has 0 radical (unpaired) electrons. The van der Waals surface area contributed by atoms with Crippen LogP contribution in [0, 0.1) is 5.92 Å². The summed E-state index contributed by atoms with van der Waals surface area (Å²) < 4.78 is 0. The van der Waals surface area contributed by atoms with Gasteiger partial charge in [-0.1, -0.05) is 56.3 Å². The number of primary amides is 3. The van der Waals surface area contributed by atoms with Crippen molar-refractivity contribution in [1.82, 2.24) is 47.4 Å². The molecule has 0 bridgehead atoms. The minimum Gasteiger partial charge on any atom is -0.508 e. The molecular formula is C52H78N16O15. The molecule has 2 aromatic carbocycles. The highest BCUT2D eigenvalue weighted by Gasteiger charge is 2.41. The summed E-state index contributed by atoms with van der Waals surface area (Å²) >= 11 is 0. The standard InChI is InChI=1S/C52H78N16O15/c1-26(2)41(55)49(81)65-35(23-39(54)73)51(83)68-20-8-12-37(68)48(80)64-34(22-29-13-15-30(71)16-14-29)46(78)66-36(25-69)47(79)63-33(21-28-9-5-4-6-10-28)45(77)62-32(17-18-38(53)72)44(76)60-24-40(74)67-42(27(3)70)50(82)61-31(43(56)75)11-7-19-59-52(57)58/h4-6,9-10,13-16,26-27,31-37,41-42,69-71H,7-8,11-12,17-25,55H2,1-3H3,(H2,53,72)(H2,54,73)(H2,56,75)(H,60,76)(H,61,82)(H,62,77)(H,63,79)(H,64,80)(H,65,81)(H,66,78)(H,67,74)(H4,57,58,59)/t27-,31+,32+,33+,34+,35+,36+,37+,41+,42+/m1/s1. The first-order chi connectivity index (χ1) is 39.1. The van der Waals surface area contributed by atoms with Crippen LogP contribution in [0.3, 0.4) is 0 Å². The summed E-state index contributed by atoms with van der Waals surface area (Å²) in [5, 5.41) is 50.0. The number of phenols is 1. The number of nitrogens with one attached hydrogen (secondary N) is 8. The maximum Gasteiger partial charge on any atom is 0.246 e. The lowest BCUT2D eigenvalue weighted by Crippen LogP contribution is -2.61. The zero-order valence-corrected chi connectivity index (χ0v) is 46.3. The van der Waals surface area contributed by atoms with Gasteiger partial charge < -0.3 is 97.2 Å². The smallest absolute Gasteiger partial charge is 0.246 e. The molecule has 83 heavy (non-hydrogen) atoms. The number of aliphatic hydroxyl groups is 2. The van der Waals surface area contributed by atoms with E-state index in [-0.39, 0.29) is 62.8 Å². The van der Waals surface area contributed by atoms with E-state index in [0.717, 1.165) is 11.8 Å². The first-order valence-electron chi connectivity index (χ1n) is 26.6. The van der Waals surface area contributed by atoms with E-state index in [2.05, 4.69) is 47.5 Å². The van der Waals surface area contributed by atoms with Gasteiger partial charge in [0.05, 0.1) is 31.7 Å². The van der Waals surface area contributed by atoms with E-state index >= 15 is 0 Å². The third-order valence-electron chi connectivity index (χ3n) is 13.0. The fourth-order valence-corrected chi connectivity index (χ4v) is 8.42. The van der Waals surface area contributed by atoms with E-state index in [1.807, 2.05) is 0 Å². The molecule has 0 unspecified atom stereocenters. The van der Waals surface area contributed by atoms with Crippen molar-refractivity contribution in [2.24, 2.45) is 45.3 Å². The topological polar surface area (TPSA) is 533 Å². The zero-order valence-electron chi connectivity index (χ0n) is 46.3. The molecule has 0 saturated carbocycles. The van der Waals surface area contributed by atoms with Crippen LogP contribution in [0.1, 0.15) is 76.8 Å². The molecule has 23 N–H and O–H groups in total. The number of phenolic OH excluding ortho intramolecular Hbond substituents is 1. The molecule has 3 rings (SSSR count). The van der Waals surface area contributed by atoms with Gasteiger partial charge in [0.15, 0.2) is 5.96 Å². The number of nitrogens with two attached hydrogens (primary N) is 6. The second-order valence-corrected chi connectivity index (χ2v) is 20.1. The number of carbonyl (C=O) groups is 12. The van der Waals surface area contributed by atoms with Crippen molar-refractivity contribution in [1.29, 1.82) is 0 Å². The molecule has 31 nitrogen and oxygen atoms in total. The number of benzene rings is 2. The molecule has 1 saturated heterocycles. The fourth-order valence-electron chi connectivity index (χ4n) is 8.42. The van der Waals surface area contributed by atoms with Gasteiger partial charge in [0.25, 0.3) is 0 Å². The number of aromatic hydroxyl groups is 1. The molecule has 10 atom stereocenters. The van der Waals surface area contributed by atoms with Crippen molar-refractivity contribution < 1.29 is 72.9 Å². The molecule has 1 fully saturated rings. The molecule has 1 aliphatic rings. The molecule has 1 heterocycles. The Morgan fingerprint density at radius 3 is 1.75 bits per heavy atom. The van der Waals surface area contributed by atoms with Gasteiger partial charge >= 0.3 is 0 Å². The molecule has 0 aromatic heterocycles. The van der Waals surface area contributed by atoms with Crippen LogP contribution in [0.25, 0.3) is 0 Å². The van der Waals surface area contributed by atoms with Crippen LogP contribution >= 0.6 is 0 Å². The number of likely N-dealkylation sites (tertiary alicyclic amines) is 1. The average Bonchev–Trinajstić information content (AvgIpc) is 4.11. The SMILES string of the molecule is CC(C)[C@H](N)C(=O)N[C@@H](CC(N)=O)C(=O)N1CCC[C@H]1C(=O)N[C@@H](Cc1ccc(O)cc1)C(=O)N[C@@H](CO)C(=O)N[C@@H](Cc1ccccc1)C(=O)N[C@@H](CCC(N)=O)C(=O)NCC(=O)N[C@H](C(=O)N[C@@H](CCCN=C(N)N)C(N)=O)[C@@H](C)O. The van der Waals surface area contributed by atoms with Crippen LogP contribution < -0.4 is 76.9 Å². The summed E-state index contributed by atoms with van der Waals surface area (Å²) in [7, 11) is 0. The minimum atomic E-state index is -1.83. The highest BCUT2D eigenvalue weighted by molar-refractivity contribution is 5.99. The summed E-state index contributed by atoms with van der Waals surface area (Å²) in [6.45, 7) is 2.66. The van der Waals surface area contributed by atoms with Gasteiger partial charge in [0.1, 0.15) is 54.1 Å². The summed E-state index contributed by atoms with van der Waals surface area (Å²) in [5.74, 6) is -12.2. The van der Waals surface area contributed by atoms with Gasteiger partial charge in [-0.15, -0.1) is 0 Å². The lowest BCUT2D eigenvalue weighted by Gasteiger charge is -2.30. The Bertz CT molecular complexity index is 2640. The van der Waals surface area contributed by atoms with Gasteiger partial charge in [-0.05, 0) is 68.2 Å². The number of rotatable bonds is 34. The minimum absolute atomic E-state index is 0.00610. The number of guanidine groups is 1. The van der Waals surface area contributed by atoms with Gasteiger partial charge in [0, 0.05) is 32.4 Å².